The lowest BCUT2D eigenvalue weighted by atomic mass is 10.1. The Morgan fingerprint density at radius 1 is 1.16 bits per heavy atom. The van der Waals surface area contributed by atoms with Gasteiger partial charge in [-0.05, 0) is 54.8 Å². The fourth-order valence-corrected chi connectivity index (χ4v) is 2.07. The normalized spacial score (nSPS) is 12.2. The monoisotopic (exact) mass is 276 g/mol. The van der Waals surface area contributed by atoms with Crippen LogP contribution in [0.4, 0.5) is 0 Å². The Morgan fingerprint density at radius 3 is 2.42 bits per heavy atom. The van der Waals surface area contributed by atoms with Gasteiger partial charge in [0.2, 0.25) is 0 Å². The highest BCUT2D eigenvalue weighted by molar-refractivity contribution is 6.30. The predicted octanol–water partition coefficient (Wildman–Crippen LogP) is 4.88. The molecule has 0 radical (unpaired) electrons. The largest absolute Gasteiger partial charge is 0.457 e. The van der Waals surface area contributed by atoms with Gasteiger partial charge in [-0.25, -0.2) is 0 Å². The number of ether oxygens (including phenoxy) is 1. The fourth-order valence-electron chi connectivity index (χ4n) is 1.85. The van der Waals surface area contributed by atoms with E-state index in [0.29, 0.717) is 11.4 Å². The zero-order chi connectivity index (χ0) is 13.8. The van der Waals surface area contributed by atoms with E-state index in [0.717, 1.165) is 22.6 Å². The van der Waals surface area contributed by atoms with E-state index in [4.69, 9.17) is 16.3 Å². The molecule has 0 aromatic heterocycles. The van der Waals surface area contributed by atoms with Crippen molar-refractivity contribution >= 4 is 11.6 Å². The Labute approximate surface area is 118 Å². The van der Waals surface area contributed by atoms with Crippen molar-refractivity contribution in [1.29, 1.82) is 0 Å². The van der Waals surface area contributed by atoms with E-state index in [1.54, 1.807) is 6.07 Å². The standard InChI is InChI=1S/C16H17ClO2/c1-3-15(18)12-4-7-14(8-5-12)19-16-9-6-13(17)10-11(16)2/h4-10,15,18H,3H2,1-2H3/t15-/m0/s1. The first-order valence-electron chi connectivity index (χ1n) is 6.32. The summed E-state index contributed by atoms with van der Waals surface area (Å²) >= 11 is 5.91. The second-order valence-electron chi connectivity index (χ2n) is 4.50. The third kappa shape index (κ3) is 3.49. The third-order valence-corrected chi connectivity index (χ3v) is 3.25. The van der Waals surface area contributed by atoms with Crippen LogP contribution in [0.2, 0.25) is 5.02 Å². The summed E-state index contributed by atoms with van der Waals surface area (Å²) in [7, 11) is 0. The van der Waals surface area contributed by atoms with Crippen LogP contribution in [0.1, 0.15) is 30.6 Å². The molecule has 0 heterocycles. The van der Waals surface area contributed by atoms with Gasteiger partial charge in [0.1, 0.15) is 11.5 Å². The Morgan fingerprint density at radius 2 is 1.84 bits per heavy atom. The summed E-state index contributed by atoms with van der Waals surface area (Å²) in [4.78, 5) is 0. The number of rotatable bonds is 4. The average Bonchev–Trinajstić information content (AvgIpc) is 2.42. The molecule has 0 aliphatic rings. The predicted molar refractivity (Wildman–Crippen MR) is 78.0 cm³/mol. The number of halogens is 1. The Kier molecular flexibility index (Phi) is 4.46. The Balaban J connectivity index is 2.15. The van der Waals surface area contributed by atoms with Crippen molar-refractivity contribution in [2.24, 2.45) is 0 Å². The van der Waals surface area contributed by atoms with Gasteiger partial charge in [-0.15, -0.1) is 0 Å². The van der Waals surface area contributed by atoms with Crippen LogP contribution in [0.3, 0.4) is 0 Å². The summed E-state index contributed by atoms with van der Waals surface area (Å²) in [5.41, 5.74) is 1.90. The molecule has 1 atom stereocenters. The first-order valence-corrected chi connectivity index (χ1v) is 6.70. The summed E-state index contributed by atoms with van der Waals surface area (Å²) in [5, 5.41) is 10.4. The molecule has 2 aromatic carbocycles. The molecule has 0 unspecified atom stereocenters. The van der Waals surface area contributed by atoms with Crippen molar-refractivity contribution in [3.05, 3.63) is 58.6 Å². The third-order valence-electron chi connectivity index (χ3n) is 3.02. The van der Waals surface area contributed by atoms with Crippen molar-refractivity contribution in [2.45, 2.75) is 26.4 Å². The fraction of sp³-hybridized carbons (Fsp3) is 0.250. The average molecular weight is 277 g/mol. The van der Waals surface area contributed by atoms with Crippen LogP contribution in [0.25, 0.3) is 0 Å². The number of benzene rings is 2. The highest BCUT2D eigenvalue weighted by atomic mass is 35.5. The topological polar surface area (TPSA) is 29.5 Å². The highest BCUT2D eigenvalue weighted by Gasteiger charge is 2.06. The van der Waals surface area contributed by atoms with Crippen molar-refractivity contribution in [3.63, 3.8) is 0 Å². The van der Waals surface area contributed by atoms with Crippen LogP contribution in [0.5, 0.6) is 11.5 Å². The number of hydrogen-bond donors (Lipinski definition) is 1. The van der Waals surface area contributed by atoms with Gasteiger partial charge in [0, 0.05) is 5.02 Å². The molecule has 0 saturated carbocycles. The maximum absolute atomic E-state index is 9.73. The summed E-state index contributed by atoms with van der Waals surface area (Å²) in [6.45, 7) is 3.91. The van der Waals surface area contributed by atoms with Crippen LogP contribution >= 0.6 is 11.6 Å². The van der Waals surface area contributed by atoms with E-state index in [9.17, 15) is 5.11 Å². The summed E-state index contributed by atoms with van der Waals surface area (Å²) in [6, 6.07) is 13.0. The molecule has 0 bridgehead atoms. The minimum atomic E-state index is -0.411. The molecule has 0 aliphatic carbocycles. The second-order valence-corrected chi connectivity index (χ2v) is 4.94. The zero-order valence-corrected chi connectivity index (χ0v) is 11.8. The SMILES string of the molecule is CC[C@H](O)c1ccc(Oc2ccc(Cl)cc2C)cc1. The van der Waals surface area contributed by atoms with Gasteiger partial charge >= 0.3 is 0 Å². The van der Waals surface area contributed by atoms with Crippen LogP contribution in [0, 0.1) is 6.92 Å². The lowest BCUT2D eigenvalue weighted by Gasteiger charge is -2.11. The minimum absolute atomic E-state index is 0.411. The number of aryl methyl sites for hydroxylation is 1. The first kappa shape index (κ1) is 13.9. The number of aliphatic hydroxyl groups excluding tert-OH is 1. The van der Waals surface area contributed by atoms with Gasteiger partial charge in [-0.1, -0.05) is 30.7 Å². The summed E-state index contributed by atoms with van der Waals surface area (Å²) in [5.74, 6) is 1.53. The Bertz CT molecular complexity index is 549. The van der Waals surface area contributed by atoms with Crippen LogP contribution in [-0.4, -0.2) is 5.11 Å². The molecule has 0 spiro atoms. The molecule has 0 amide bonds. The minimum Gasteiger partial charge on any atom is -0.457 e. The van der Waals surface area contributed by atoms with Crippen LogP contribution in [0.15, 0.2) is 42.5 Å². The molecule has 2 nitrogen and oxygen atoms in total. The quantitative estimate of drug-likeness (QED) is 0.862. The van der Waals surface area contributed by atoms with E-state index >= 15 is 0 Å². The molecule has 2 aromatic rings. The molecular weight excluding hydrogens is 260 g/mol. The molecule has 0 saturated heterocycles. The molecule has 1 N–H and O–H groups in total. The Hall–Kier alpha value is -1.51. The number of hydrogen-bond acceptors (Lipinski definition) is 2. The maximum Gasteiger partial charge on any atom is 0.130 e. The van der Waals surface area contributed by atoms with E-state index in [1.807, 2.05) is 50.2 Å². The van der Waals surface area contributed by atoms with E-state index in [2.05, 4.69) is 0 Å². The molecular formula is C16H17ClO2. The van der Waals surface area contributed by atoms with Crippen molar-refractivity contribution in [2.75, 3.05) is 0 Å². The smallest absolute Gasteiger partial charge is 0.130 e. The molecule has 0 aliphatic heterocycles. The zero-order valence-electron chi connectivity index (χ0n) is 11.1. The molecule has 2 rings (SSSR count). The van der Waals surface area contributed by atoms with E-state index < -0.39 is 6.10 Å². The van der Waals surface area contributed by atoms with Gasteiger partial charge in [0.25, 0.3) is 0 Å². The molecule has 100 valence electrons. The lowest BCUT2D eigenvalue weighted by molar-refractivity contribution is 0.173. The van der Waals surface area contributed by atoms with Crippen molar-refractivity contribution in [3.8, 4) is 11.5 Å². The van der Waals surface area contributed by atoms with E-state index in [-0.39, 0.29) is 0 Å². The second kappa shape index (κ2) is 6.09. The molecule has 0 fully saturated rings. The highest BCUT2D eigenvalue weighted by Crippen LogP contribution is 2.28. The number of aliphatic hydroxyl groups is 1. The van der Waals surface area contributed by atoms with E-state index in [1.165, 1.54) is 0 Å². The molecule has 19 heavy (non-hydrogen) atoms. The summed E-state index contributed by atoms with van der Waals surface area (Å²) < 4.78 is 5.79. The first-order chi connectivity index (χ1) is 9.10. The maximum atomic E-state index is 9.73. The van der Waals surface area contributed by atoms with Gasteiger partial charge in [-0.3, -0.25) is 0 Å². The van der Waals surface area contributed by atoms with Gasteiger partial charge < -0.3 is 9.84 Å². The summed E-state index contributed by atoms with van der Waals surface area (Å²) in [6.07, 6.45) is 0.294. The van der Waals surface area contributed by atoms with Crippen LogP contribution in [-0.2, 0) is 0 Å². The van der Waals surface area contributed by atoms with Crippen LogP contribution < -0.4 is 4.74 Å². The van der Waals surface area contributed by atoms with Gasteiger partial charge in [-0.2, -0.15) is 0 Å². The van der Waals surface area contributed by atoms with Crippen molar-refractivity contribution < 1.29 is 9.84 Å². The van der Waals surface area contributed by atoms with Gasteiger partial charge in [0.05, 0.1) is 6.10 Å². The lowest BCUT2D eigenvalue weighted by Crippen LogP contribution is -1.94. The van der Waals surface area contributed by atoms with Gasteiger partial charge in [0.15, 0.2) is 0 Å². The molecule has 3 heteroatoms. The van der Waals surface area contributed by atoms with Crippen molar-refractivity contribution in [1.82, 2.24) is 0 Å².